The Morgan fingerprint density at radius 1 is 1.47 bits per heavy atom. The second-order valence-electron chi connectivity index (χ2n) is 4.01. The number of aromatic amines is 1. The number of H-pyrrole nitrogens is 1. The number of fused-ring (bicyclic) bond motifs is 1. The van der Waals surface area contributed by atoms with E-state index in [0.717, 1.165) is 9.04 Å². The molecule has 0 fully saturated rings. The maximum atomic E-state index is 12.1. The lowest BCUT2D eigenvalue weighted by molar-refractivity contribution is 0.554. The molecule has 3 N–H and O–H groups in total. The van der Waals surface area contributed by atoms with Crippen molar-refractivity contribution in [1.82, 2.24) is 9.55 Å². The highest BCUT2D eigenvalue weighted by atomic mass is 79.9. The van der Waals surface area contributed by atoms with Crippen molar-refractivity contribution in [3.05, 3.63) is 43.5 Å². The highest BCUT2D eigenvalue weighted by Gasteiger charge is 2.09. The number of halogens is 1. The predicted octanol–water partition coefficient (Wildman–Crippen LogP) is 0.799. The molecule has 90 valence electrons. The first-order valence-electron chi connectivity index (χ1n) is 5.17. The van der Waals surface area contributed by atoms with E-state index in [2.05, 4.69) is 20.9 Å². The summed E-state index contributed by atoms with van der Waals surface area (Å²) in [5, 5.41) is 0.472. The average Bonchev–Trinajstić information content (AvgIpc) is 2.25. The Kier molecular flexibility index (Phi) is 3.17. The highest BCUT2D eigenvalue weighted by Crippen LogP contribution is 2.14. The van der Waals surface area contributed by atoms with Crippen molar-refractivity contribution in [2.45, 2.75) is 19.5 Å². The van der Waals surface area contributed by atoms with Gasteiger partial charge in [-0.3, -0.25) is 9.36 Å². The summed E-state index contributed by atoms with van der Waals surface area (Å²) in [6.45, 7) is 1.95. The Balaban J connectivity index is 2.78. The van der Waals surface area contributed by atoms with Crippen molar-refractivity contribution in [3.8, 4) is 0 Å². The Morgan fingerprint density at radius 2 is 2.18 bits per heavy atom. The van der Waals surface area contributed by atoms with Crippen LogP contribution in [-0.2, 0) is 6.54 Å². The van der Waals surface area contributed by atoms with Crippen molar-refractivity contribution < 1.29 is 0 Å². The first kappa shape index (κ1) is 12.1. The van der Waals surface area contributed by atoms with Crippen LogP contribution in [0.25, 0.3) is 10.9 Å². The summed E-state index contributed by atoms with van der Waals surface area (Å²) in [5.41, 5.74) is 5.40. The smallest absolute Gasteiger partial charge is 0.326 e. The highest BCUT2D eigenvalue weighted by molar-refractivity contribution is 9.10. The fourth-order valence-electron chi connectivity index (χ4n) is 1.68. The third-order valence-corrected chi connectivity index (χ3v) is 2.91. The van der Waals surface area contributed by atoms with Crippen LogP contribution in [0.3, 0.4) is 0 Å². The minimum absolute atomic E-state index is 0.205. The Morgan fingerprint density at radius 3 is 2.82 bits per heavy atom. The third-order valence-electron chi connectivity index (χ3n) is 2.41. The van der Waals surface area contributed by atoms with Crippen molar-refractivity contribution in [2.75, 3.05) is 0 Å². The molecule has 6 heteroatoms. The van der Waals surface area contributed by atoms with Gasteiger partial charge in [0, 0.05) is 17.1 Å². The lowest BCUT2D eigenvalue weighted by Gasteiger charge is -2.08. The molecule has 2 aromatic rings. The van der Waals surface area contributed by atoms with Crippen LogP contribution in [0, 0.1) is 0 Å². The molecule has 0 saturated heterocycles. The van der Waals surface area contributed by atoms with Crippen molar-refractivity contribution in [2.24, 2.45) is 5.73 Å². The molecule has 0 amide bonds. The number of hydrogen-bond donors (Lipinski definition) is 2. The Hall–Kier alpha value is -1.40. The second-order valence-corrected chi connectivity index (χ2v) is 4.93. The quantitative estimate of drug-likeness (QED) is 0.860. The number of aromatic nitrogens is 2. The van der Waals surface area contributed by atoms with Gasteiger partial charge in [-0.25, -0.2) is 4.79 Å². The van der Waals surface area contributed by atoms with Gasteiger partial charge in [-0.2, -0.15) is 0 Å². The Labute approximate surface area is 105 Å². The first-order valence-corrected chi connectivity index (χ1v) is 5.96. The zero-order valence-electron chi connectivity index (χ0n) is 9.24. The minimum Gasteiger partial charge on any atom is -0.326 e. The van der Waals surface area contributed by atoms with E-state index in [1.165, 1.54) is 0 Å². The van der Waals surface area contributed by atoms with Crippen LogP contribution in [0.15, 0.2) is 32.3 Å². The van der Waals surface area contributed by atoms with Crippen LogP contribution in [0.5, 0.6) is 0 Å². The van der Waals surface area contributed by atoms with Crippen LogP contribution < -0.4 is 17.0 Å². The number of nitrogens with two attached hydrogens (primary N) is 1. The number of benzene rings is 1. The normalized spacial score (nSPS) is 12.9. The summed E-state index contributed by atoms with van der Waals surface area (Å²) in [5.74, 6) is 0. The van der Waals surface area contributed by atoms with Crippen LogP contribution in [-0.4, -0.2) is 15.6 Å². The molecule has 1 aromatic heterocycles. The number of nitrogens with one attached hydrogen (secondary N) is 1. The topological polar surface area (TPSA) is 80.9 Å². The summed E-state index contributed by atoms with van der Waals surface area (Å²) in [6.07, 6.45) is 0. The number of rotatable bonds is 2. The van der Waals surface area contributed by atoms with E-state index in [1.54, 1.807) is 25.1 Å². The SMILES string of the molecule is CC(N)Cn1c(=O)[nH]c2ccc(Br)cc2c1=O. The molecule has 0 aliphatic rings. The molecule has 0 aliphatic heterocycles. The monoisotopic (exact) mass is 297 g/mol. The van der Waals surface area contributed by atoms with Crippen molar-refractivity contribution in [1.29, 1.82) is 0 Å². The van der Waals surface area contributed by atoms with E-state index in [-0.39, 0.29) is 18.1 Å². The molecule has 0 bridgehead atoms. The zero-order valence-corrected chi connectivity index (χ0v) is 10.8. The molecule has 1 unspecified atom stereocenters. The van der Waals surface area contributed by atoms with Crippen LogP contribution in [0.1, 0.15) is 6.92 Å². The van der Waals surface area contributed by atoms with E-state index in [4.69, 9.17) is 5.73 Å². The zero-order chi connectivity index (χ0) is 12.6. The summed E-state index contributed by atoms with van der Waals surface area (Å²) in [7, 11) is 0. The van der Waals surface area contributed by atoms with Gasteiger partial charge in [-0.05, 0) is 25.1 Å². The van der Waals surface area contributed by atoms with Crippen LogP contribution in [0.4, 0.5) is 0 Å². The third kappa shape index (κ3) is 2.32. The average molecular weight is 298 g/mol. The standard InChI is InChI=1S/C11H12BrN3O2/c1-6(13)5-15-10(16)8-4-7(12)2-3-9(8)14-11(15)17/h2-4,6H,5,13H2,1H3,(H,14,17). The maximum absolute atomic E-state index is 12.1. The van der Waals surface area contributed by atoms with Gasteiger partial charge in [0.25, 0.3) is 5.56 Å². The molecule has 1 aromatic carbocycles. The van der Waals surface area contributed by atoms with E-state index < -0.39 is 5.69 Å². The fraction of sp³-hybridized carbons (Fsp3) is 0.273. The summed E-state index contributed by atoms with van der Waals surface area (Å²) in [4.78, 5) is 26.5. The van der Waals surface area contributed by atoms with Gasteiger partial charge >= 0.3 is 5.69 Å². The van der Waals surface area contributed by atoms with Crippen molar-refractivity contribution in [3.63, 3.8) is 0 Å². The van der Waals surface area contributed by atoms with Gasteiger partial charge in [0.1, 0.15) is 0 Å². The van der Waals surface area contributed by atoms with Gasteiger partial charge < -0.3 is 10.7 Å². The van der Waals surface area contributed by atoms with Crippen molar-refractivity contribution >= 4 is 26.8 Å². The number of nitrogens with zero attached hydrogens (tertiary/aromatic N) is 1. The van der Waals surface area contributed by atoms with Gasteiger partial charge in [0.05, 0.1) is 10.9 Å². The van der Waals surface area contributed by atoms with E-state index in [0.29, 0.717) is 10.9 Å². The molecule has 1 heterocycles. The lowest BCUT2D eigenvalue weighted by atomic mass is 10.2. The number of hydrogen-bond acceptors (Lipinski definition) is 3. The minimum atomic E-state index is -0.429. The molecule has 1 atom stereocenters. The second kappa shape index (κ2) is 4.46. The molecule has 0 aliphatic carbocycles. The van der Waals surface area contributed by atoms with E-state index >= 15 is 0 Å². The fourth-order valence-corrected chi connectivity index (χ4v) is 2.04. The van der Waals surface area contributed by atoms with Crippen LogP contribution >= 0.6 is 15.9 Å². The van der Waals surface area contributed by atoms with Gasteiger partial charge in [-0.15, -0.1) is 0 Å². The predicted molar refractivity (Wildman–Crippen MR) is 70.2 cm³/mol. The molecular formula is C11H12BrN3O2. The molecular weight excluding hydrogens is 286 g/mol. The van der Waals surface area contributed by atoms with Crippen LogP contribution in [0.2, 0.25) is 0 Å². The van der Waals surface area contributed by atoms with Gasteiger partial charge in [0.2, 0.25) is 0 Å². The van der Waals surface area contributed by atoms with Gasteiger partial charge in [-0.1, -0.05) is 15.9 Å². The van der Waals surface area contributed by atoms with E-state index in [9.17, 15) is 9.59 Å². The van der Waals surface area contributed by atoms with Gasteiger partial charge in [0.15, 0.2) is 0 Å². The summed E-state index contributed by atoms with van der Waals surface area (Å²) < 4.78 is 1.92. The maximum Gasteiger partial charge on any atom is 0.328 e. The van der Waals surface area contributed by atoms with E-state index in [1.807, 2.05) is 0 Å². The molecule has 5 nitrogen and oxygen atoms in total. The largest absolute Gasteiger partial charge is 0.328 e. The molecule has 2 rings (SSSR count). The first-order chi connectivity index (χ1) is 7.99. The molecule has 0 radical (unpaired) electrons. The lowest BCUT2D eigenvalue weighted by Crippen LogP contribution is -2.39. The molecule has 17 heavy (non-hydrogen) atoms. The summed E-state index contributed by atoms with van der Waals surface area (Å²) in [6, 6.07) is 4.90. The summed E-state index contributed by atoms with van der Waals surface area (Å²) >= 11 is 3.30. The Bertz CT molecular complexity index is 672. The molecule has 0 saturated carbocycles. The molecule has 0 spiro atoms.